The predicted octanol–water partition coefficient (Wildman–Crippen LogP) is 7.02. The van der Waals surface area contributed by atoms with Gasteiger partial charge in [0.1, 0.15) is 0 Å². The number of unbranched alkanes of at least 4 members (excludes halogenated alkanes) is 15. The number of rotatable bonds is 18. The summed E-state index contributed by atoms with van der Waals surface area (Å²) in [7, 11) is 0. The van der Waals surface area contributed by atoms with Gasteiger partial charge in [-0.05, 0) is 6.42 Å². The van der Waals surface area contributed by atoms with Gasteiger partial charge in [-0.3, -0.25) is 4.79 Å². The molecule has 1 atom stereocenters. The summed E-state index contributed by atoms with van der Waals surface area (Å²) < 4.78 is 0. The number of carbonyl (C=O) groups is 1. The number of aliphatic carboxylic acids is 1. The molecule has 0 spiro atoms. The third kappa shape index (κ3) is 20.6. The molecule has 1 unspecified atom stereocenters. The minimum atomic E-state index is -0.783. The molecule has 0 saturated heterocycles. The van der Waals surface area contributed by atoms with Gasteiger partial charge in [-0.25, -0.2) is 0 Å². The van der Waals surface area contributed by atoms with Gasteiger partial charge in [0.05, 0.1) is 5.25 Å². The van der Waals surface area contributed by atoms with Crippen molar-refractivity contribution < 1.29 is 32.3 Å². The molecule has 2 nitrogen and oxygen atoms in total. The Labute approximate surface area is 171 Å². The van der Waals surface area contributed by atoms with E-state index in [1.807, 2.05) is 0 Å². The van der Waals surface area contributed by atoms with Crippen LogP contribution in [0.4, 0.5) is 0 Å². The molecule has 0 heterocycles. The van der Waals surface area contributed by atoms with Crippen molar-refractivity contribution in [1.82, 2.24) is 0 Å². The first-order valence-corrected chi connectivity index (χ1v) is 10.6. The van der Waals surface area contributed by atoms with E-state index >= 15 is 0 Å². The Morgan fingerprint density at radius 1 is 0.708 bits per heavy atom. The summed E-state index contributed by atoms with van der Waals surface area (Å²) >= 11 is 4.05. The van der Waals surface area contributed by atoms with Gasteiger partial charge in [-0.2, -0.15) is 12.6 Å². The van der Waals surface area contributed by atoms with Crippen molar-refractivity contribution in [2.24, 2.45) is 0 Å². The van der Waals surface area contributed by atoms with Gasteiger partial charge in [0.15, 0.2) is 0 Å². The van der Waals surface area contributed by atoms with Crippen molar-refractivity contribution >= 4 is 18.6 Å². The average Bonchev–Trinajstić information content (AvgIpc) is 2.54. The smallest absolute Gasteiger partial charge is 0.316 e. The summed E-state index contributed by atoms with van der Waals surface area (Å²) in [6.07, 6.45) is 22.3. The van der Waals surface area contributed by atoms with Crippen LogP contribution in [-0.2, 0) is 27.2 Å². The molecule has 149 valence electrons. The Hall–Kier alpha value is 0.560. The quantitative estimate of drug-likeness (QED) is 0.133. The number of hydrogen-bond acceptors (Lipinski definition) is 2. The van der Waals surface area contributed by atoms with Crippen LogP contribution in [0.1, 0.15) is 116 Å². The van der Waals surface area contributed by atoms with Gasteiger partial charge >= 0.3 is 5.97 Å². The summed E-state index contributed by atoms with van der Waals surface area (Å²) in [4.78, 5) is 10.6. The van der Waals surface area contributed by atoms with Crippen LogP contribution in [-0.4, -0.2) is 16.3 Å². The van der Waals surface area contributed by atoms with Gasteiger partial charge in [-0.1, -0.05) is 110 Å². The first-order chi connectivity index (χ1) is 11.2. The van der Waals surface area contributed by atoms with Gasteiger partial charge in [0, 0.05) is 22.4 Å². The number of thiol groups is 1. The molecule has 24 heavy (non-hydrogen) atoms. The van der Waals surface area contributed by atoms with Crippen LogP contribution >= 0.6 is 12.6 Å². The maximum atomic E-state index is 10.6. The molecule has 0 amide bonds. The first kappa shape index (κ1) is 26.8. The van der Waals surface area contributed by atoms with Crippen LogP contribution in [0.2, 0.25) is 0 Å². The van der Waals surface area contributed by atoms with E-state index in [2.05, 4.69) is 19.6 Å². The Morgan fingerprint density at radius 2 is 1.00 bits per heavy atom. The Kier molecular flexibility index (Phi) is 24.1. The maximum absolute atomic E-state index is 10.6. The number of hydrogen-bond donors (Lipinski definition) is 2. The summed E-state index contributed by atoms with van der Waals surface area (Å²) in [6.45, 7) is 2.27. The van der Waals surface area contributed by atoms with E-state index in [0.717, 1.165) is 12.8 Å². The number of carboxylic acid groups (broad SMARTS) is 1. The second kappa shape index (κ2) is 21.6. The zero-order valence-corrected chi connectivity index (χ0v) is 18.1. The fraction of sp³-hybridized carbons (Fsp3) is 0.950. The van der Waals surface area contributed by atoms with Crippen molar-refractivity contribution in [3.05, 3.63) is 0 Å². The molecular formula is C20H40AgO2S. The SMILES string of the molecule is CCCCCCCCCCCCCCCCCCC(S)C(=O)O.[Ag]. The Morgan fingerprint density at radius 3 is 1.29 bits per heavy atom. The van der Waals surface area contributed by atoms with Crippen LogP contribution in [0.25, 0.3) is 0 Å². The van der Waals surface area contributed by atoms with Crippen molar-refractivity contribution in [2.45, 2.75) is 121 Å². The second-order valence-electron chi connectivity index (χ2n) is 6.95. The van der Waals surface area contributed by atoms with Crippen molar-refractivity contribution in [3.63, 3.8) is 0 Å². The standard InChI is InChI=1S/C20H40O2S.Ag/c1-2-3-4-5-6-7-8-9-10-11-12-13-14-15-16-17-18-19(23)20(21)22;/h19,23H,2-18H2,1H3,(H,21,22);. The molecule has 1 radical (unpaired) electrons. The van der Waals surface area contributed by atoms with Crippen molar-refractivity contribution in [2.75, 3.05) is 0 Å². The van der Waals surface area contributed by atoms with Gasteiger partial charge in [0.2, 0.25) is 0 Å². The molecule has 0 aromatic heterocycles. The molecule has 0 saturated carbocycles. The van der Waals surface area contributed by atoms with E-state index in [4.69, 9.17) is 5.11 Å². The summed E-state index contributed by atoms with van der Waals surface area (Å²) in [6, 6.07) is 0. The van der Waals surface area contributed by atoms with E-state index in [9.17, 15) is 4.79 Å². The van der Waals surface area contributed by atoms with Gasteiger partial charge in [0.25, 0.3) is 0 Å². The van der Waals surface area contributed by atoms with E-state index in [-0.39, 0.29) is 22.4 Å². The van der Waals surface area contributed by atoms with E-state index < -0.39 is 11.2 Å². The fourth-order valence-electron chi connectivity index (χ4n) is 3.01. The number of carboxylic acids is 1. The van der Waals surface area contributed by atoms with Gasteiger partial charge < -0.3 is 5.11 Å². The van der Waals surface area contributed by atoms with Crippen molar-refractivity contribution in [1.29, 1.82) is 0 Å². The van der Waals surface area contributed by atoms with Crippen LogP contribution < -0.4 is 0 Å². The van der Waals surface area contributed by atoms with E-state index in [1.54, 1.807) is 0 Å². The summed E-state index contributed by atoms with van der Waals surface area (Å²) in [5.41, 5.74) is 0. The first-order valence-electron chi connectivity index (χ1n) is 10.1. The summed E-state index contributed by atoms with van der Waals surface area (Å²) in [5.74, 6) is -0.783. The third-order valence-electron chi connectivity index (χ3n) is 4.62. The average molecular weight is 452 g/mol. The minimum absolute atomic E-state index is 0. The van der Waals surface area contributed by atoms with Crippen LogP contribution in [0, 0.1) is 0 Å². The molecule has 0 aliphatic carbocycles. The fourth-order valence-corrected chi connectivity index (χ4v) is 3.19. The largest absolute Gasteiger partial charge is 0.480 e. The molecule has 0 aromatic rings. The van der Waals surface area contributed by atoms with E-state index in [0.29, 0.717) is 6.42 Å². The monoisotopic (exact) mass is 451 g/mol. The molecule has 0 aromatic carbocycles. The maximum Gasteiger partial charge on any atom is 0.316 e. The van der Waals surface area contributed by atoms with Crippen molar-refractivity contribution in [3.8, 4) is 0 Å². The topological polar surface area (TPSA) is 37.3 Å². The molecule has 0 fully saturated rings. The second-order valence-corrected chi connectivity index (χ2v) is 7.57. The third-order valence-corrected chi connectivity index (χ3v) is 5.10. The normalized spacial score (nSPS) is 11.9. The molecule has 1 N–H and O–H groups in total. The molecule has 0 aliphatic rings. The molecule has 0 bridgehead atoms. The predicted molar refractivity (Wildman–Crippen MR) is 105 cm³/mol. The molecule has 0 aliphatic heterocycles. The Balaban J connectivity index is 0. The van der Waals surface area contributed by atoms with Gasteiger partial charge in [-0.15, -0.1) is 0 Å². The van der Waals surface area contributed by atoms with E-state index in [1.165, 1.54) is 89.9 Å². The zero-order chi connectivity index (χ0) is 17.2. The van der Waals surface area contributed by atoms with Crippen LogP contribution in [0.15, 0.2) is 0 Å². The zero-order valence-electron chi connectivity index (χ0n) is 15.7. The van der Waals surface area contributed by atoms with Crippen LogP contribution in [0.3, 0.4) is 0 Å². The minimum Gasteiger partial charge on any atom is -0.480 e. The molecular weight excluding hydrogens is 412 g/mol. The Bertz CT molecular complexity index is 262. The van der Waals surface area contributed by atoms with Crippen LogP contribution in [0.5, 0.6) is 0 Å². The molecule has 4 heteroatoms. The molecule has 0 rings (SSSR count). The summed E-state index contributed by atoms with van der Waals surface area (Å²) in [5, 5.41) is 8.26.